The van der Waals surface area contributed by atoms with Gasteiger partial charge in [0.2, 0.25) is 0 Å². The van der Waals surface area contributed by atoms with Crippen molar-refractivity contribution in [1.29, 1.82) is 0 Å². The molecule has 0 bridgehead atoms. The Hall–Kier alpha value is -0.930. The third kappa shape index (κ3) is 2.25. The van der Waals surface area contributed by atoms with Gasteiger partial charge < -0.3 is 0 Å². The molecule has 0 radical (unpaired) electrons. The largest absolute Gasteiger partial charge is 0.271 e. The van der Waals surface area contributed by atoms with Gasteiger partial charge in [0.25, 0.3) is 0 Å². The molecular weight excluding hydrogens is 203 g/mol. The van der Waals surface area contributed by atoms with Crippen molar-refractivity contribution < 1.29 is 4.39 Å². The molecule has 0 saturated heterocycles. The first kappa shape index (κ1) is 11.6. The summed E-state index contributed by atoms with van der Waals surface area (Å²) in [5, 5.41) is 0. The van der Waals surface area contributed by atoms with E-state index in [-0.39, 0.29) is 11.9 Å². The number of hydrogen-bond donors (Lipinski definition) is 2. The molecular formula is C13H19FN2. The number of benzene rings is 1. The van der Waals surface area contributed by atoms with Gasteiger partial charge in [0, 0.05) is 6.04 Å². The van der Waals surface area contributed by atoms with Gasteiger partial charge in [-0.05, 0) is 35.8 Å². The summed E-state index contributed by atoms with van der Waals surface area (Å²) in [6.07, 6.45) is 1.83. The molecule has 16 heavy (non-hydrogen) atoms. The lowest BCUT2D eigenvalue weighted by Gasteiger charge is -2.18. The monoisotopic (exact) mass is 222 g/mol. The highest BCUT2D eigenvalue weighted by atomic mass is 19.1. The maximum atomic E-state index is 13.5. The van der Waals surface area contributed by atoms with E-state index < -0.39 is 0 Å². The molecule has 0 amide bonds. The van der Waals surface area contributed by atoms with Gasteiger partial charge in [-0.25, -0.2) is 4.39 Å². The molecule has 0 aliphatic heterocycles. The first-order valence-corrected chi connectivity index (χ1v) is 5.74. The summed E-state index contributed by atoms with van der Waals surface area (Å²) in [6.45, 7) is 4.45. The zero-order chi connectivity index (χ0) is 11.8. The summed E-state index contributed by atoms with van der Waals surface area (Å²) in [6, 6.07) is 7.08. The van der Waals surface area contributed by atoms with E-state index in [0.29, 0.717) is 17.8 Å². The molecule has 1 fully saturated rings. The molecule has 1 aliphatic rings. The van der Waals surface area contributed by atoms with Gasteiger partial charge in [-0.15, -0.1) is 0 Å². The van der Waals surface area contributed by atoms with Crippen molar-refractivity contribution in [3.8, 4) is 0 Å². The lowest BCUT2D eigenvalue weighted by Crippen LogP contribution is -2.39. The van der Waals surface area contributed by atoms with Crippen molar-refractivity contribution in [2.45, 2.75) is 32.7 Å². The number of hydrogen-bond acceptors (Lipinski definition) is 2. The SMILES string of the molecule is CC1(C)CC1C(Cc1ccccc1F)NN. The number of nitrogens with two attached hydrogens (primary N) is 1. The summed E-state index contributed by atoms with van der Waals surface area (Å²) < 4.78 is 13.5. The molecule has 0 aromatic heterocycles. The fraction of sp³-hybridized carbons (Fsp3) is 0.538. The second kappa shape index (κ2) is 4.15. The van der Waals surface area contributed by atoms with Crippen LogP contribution in [0.2, 0.25) is 0 Å². The number of halogens is 1. The molecule has 1 aromatic rings. The molecule has 88 valence electrons. The molecule has 1 aliphatic carbocycles. The summed E-state index contributed by atoms with van der Waals surface area (Å²) in [4.78, 5) is 0. The van der Waals surface area contributed by atoms with E-state index in [9.17, 15) is 4.39 Å². The normalized spacial score (nSPS) is 24.1. The third-order valence-electron chi connectivity index (χ3n) is 3.69. The quantitative estimate of drug-likeness (QED) is 0.605. The number of hydrazine groups is 1. The zero-order valence-electron chi connectivity index (χ0n) is 9.83. The van der Waals surface area contributed by atoms with Crippen LogP contribution in [0.25, 0.3) is 0 Å². The molecule has 2 nitrogen and oxygen atoms in total. The third-order valence-corrected chi connectivity index (χ3v) is 3.69. The Morgan fingerprint density at radius 1 is 1.50 bits per heavy atom. The first-order valence-electron chi connectivity index (χ1n) is 5.74. The van der Waals surface area contributed by atoms with Crippen LogP contribution >= 0.6 is 0 Å². The van der Waals surface area contributed by atoms with Gasteiger partial charge in [0.1, 0.15) is 5.82 Å². The predicted octanol–water partition coefficient (Wildman–Crippen LogP) is 2.25. The van der Waals surface area contributed by atoms with Crippen molar-refractivity contribution >= 4 is 0 Å². The fourth-order valence-electron chi connectivity index (χ4n) is 2.41. The second-order valence-electron chi connectivity index (χ2n) is 5.37. The molecule has 0 spiro atoms. The smallest absolute Gasteiger partial charge is 0.126 e. The minimum atomic E-state index is -0.138. The van der Waals surface area contributed by atoms with Crippen molar-refractivity contribution in [3.63, 3.8) is 0 Å². The van der Waals surface area contributed by atoms with E-state index in [1.165, 1.54) is 6.07 Å². The van der Waals surface area contributed by atoms with Crippen LogP contribution in [0.15, 0.2) is 24.3 Å². The molecule has 3 heteroatoms. The predicted molar refractivity (Wildman–Crippen MR) is 63.1 cm³/mol. The Bertz CT molecular complexity index is 376. The van der Waals surface area contributed by atoms with Crippen LogP contribution in [-0.2, 0) is 6.42 Å². The van der Waals surface area contributed by atoms with Gasteiger partial charge in [-0.3, -0.25) is 11.3 Å². The van der Waals surface area contributed by atoms with Crippen LogP contribution in [-0.4, -0.2) is 6.04 Å². The van der Waals surface area contributed by atoms with Gasteiger partial charge in [-0.1, -0.05) is 32.0 Å². The minimum absolute atomic E-state index is 0.138. The van der Waals surface area contributed by atoms with Crippen molar-refractivity contribution in [2.24, 2.45) is 17.2 Å². The Morgan fingerprint density at radius 2 is 2.12 bits per heavy atom. The summed E-state index contributed by atoms with van der Waals surface area (Å²) >= 11 is 0. The molecule has 3 N–H and O–H groups in total. The molecule has 1 aromatic carbocycles. The highest BCUT2D eigenvalue weighted by Crippen LogP contribution is 2.53. The molecule has 1 saturated carbocycles. The fourth-order valence-corrected chi connectivity index (χ4v) is 2.41. The van der Waals surface area contributed by atoms with E-state index in [2.05, 4.69) is 19.3 Å². The van der Waals surface area contributed by atoms with E-state index in [1.807, 2.05) is 12.1 Å². The molecule has 0 heterocycles. The minimum Gasteiger partial charge on any atom is -0.271 e. The number of nitrogens with one attached hydrogen (secondary N) is 1. The Morgan fingerprint density at radius 3 is 2.62 bits per heavy atom. The van der Waals surface area contributed by atoms with E-state index in [0.717, 1.165) is 12.0 Å². The van der Waals surface area contributed by atoms with Gasteiger partial charge in [-0.2, -0.15) is 0 Å². The highest BCUT2D eigenvalue weighted by Gasteiger charge is 2.49. The van der Waals surface area contributed by atoms with Crippen molar-refractivity contribution in [1.82, 2.24) is 5.43 Å². The van der Waals surface area contributed by atoms with Gasteiger partial charge in [0.05, 0.1) is 0 Å². The standard InChI is InChI=1S/C13H19FN2/c1-13(2)8-10(13)12(16-15)7-9-5-3-4-6-11(9)14/h3-6,10,12,16H,7-8,15H2,1-2H3. The van der Waals surface area contributed by atoms with Crippen LogP contribution in [0.3, 0.4) is 0 Å². The maximum Gasteiger partial charge on any atom is 0.126 e. The summed E-state index contributed by atoms with van der Waals surface area (Å²) in [7, 11) is 0. The topological polar surface area (TPSA) is 38.0 Å². The van der Waals surface area contributed by atoms with E-state index >= 15 is 0 Å². The molecule has 2 unspecified atom stereocenters. The van der Waals surface area contributed by atoms with Gasteiger partial charge >= 0.3 is 0 Å². The average molecular weight is 222 g/mol. The van der Waals surface area contributed by atoms with E-state index in [4.69, 9.17) is 5.84 Å². The Labute approximate surface area is 96.0 Å². The lowest BCUT2D eigenvalue weighted by molar-refractivity contribution is 0.404. The molecule has 2 rings (SSSR count). The van der Waals surface area contributed by atoms with Crippen LogP contribution in [0.5, 0.6) is 0 Å². The van der Waals surface area contributed by atoms with Crippen LogP contribution in [0.1, 0.15) is 25.8 Å². The number of rotatable bonds is 4. The lowest BCUT2D eigenvalue weighted by atomic mass is 9.97. The zero-order valence-corrected chi connectivity index (χ0v) is 9.83. The van der Waals surface area contributed by atoms with Crippen molar-refractivity contribution in [3.05, 3.63) is 35.6 Å². The maximum absolute atomic E-state index is 13.5. The molecule has 2 atom stereocenters. The average Bonchev–Trinajstić information content (AvgIpc) is 2.86. The van der Waals surface area contributed by atoms with Crippen LogP contribution in [0.4, 0.5) is 4.39 Å². The highest BCUT2D eigenvalue weighted by molar-refractivity contribution is 5.19. The second-order valence-corrected chi connectivity index (χ2v) is 5.37. The van der Waals surface area contributed by atoms with Gasteiger partial charge in [0.15, 0.2) is 0 Å². The first-order chi connectivity index (χ1) is 7.54. The van der Waals surface area contributed by atoms with E-state index in [1.54, 1.807) is 6.07 Å². The van der Waals surface area contributed by atoms with Crippen molar-refractivity contribution in [2.75, 3.05) is 0 Å². The van der Waals surface area contributed by atoms with Crippen LogP contribution in [0, 0.1) is 17.2 Å². The summed E-state index contributed by atoms with van der Waals surface area (Å²) in [5.41, 5.74) is 3.92. The van der Waals surface area contributed by atoms with Crippen LogP contribution < -0.4 is 11.3 Å². The summed E-state index contributed by atoms with van der Waals surface area (Å²) in [5.74, 6) is 5.98. The Kier molecular flexibility index (Phi) is 3.00. The Balaban J connectivity index is 2.06.